The van der Waals surface area contributed by atoms with E-state index in [2.05, 4.69) is 34.9 Å². The molecular weight excluding hydrogens is 392 g/mol. The van der Waals surface area contributed by atoms with E-state index in [4.69, 9.17) is 14.5 Å². The molecule has 166 valence electrons. The highest BCUT2D eigenvalue weighted by Gasteiger charge is 2.19. The zero-order chi connectivity index (χ0) is 22.1. The van der Waals surface area contributed by atoms with E-state index in [0.717, 1.165) is 36.3 Å². The fourth-order valence-corrected chi connectivity index (χ4v) is 3.48. The third-order valence-electron chi connectivity index (χ3n) is 5.06. The number of hydrogen-bond donors (Lipinski definition) is 2. The van der Waals surface area contributed by atoms with Crippen LogP contribution in [0.1, 0.15) is 37.8 Å². The number of rotatable bonds is 9. The van der Waals surface area contributed by atoms with Crippen molar-refractivity contribution < 1.29 is 14.3 Å². The summed E-state index contributed by atoms with van der Waals surface area (Å²) in [7, 11) is 1.63. The Hall–Kier alpha value is -3.22. The molecule has 3 rings (SSSR count). The van der Waals surface area contributed by atoms with Gasteiger partial charge in [-0.15, -0.1) is 0 Å². The van der Waals surface area contributed by atoms with Crippen LogP contribution in [-0.2, 0) is 17.9 Å². The van der Waals surface area contributed by atoms with Gasteiger partial charge < -0.3 is 25.0 Å². The number of ether oxygens (including phenoxy) is 2. The molecule has 31 heavy (non-hydrogen) atoms. The summed E-state index contributed by atoms with van der Waals surface area (Å²) in [6, 6.07) is 14.0. The normalized spacial score (nSPS) is 14.0. The molecule has 2 aromatic carbocycles. The van der Waals surface area contributed by atoms with Crippen molar-refractivity contribution in [3.8, 4) is 11.5 Å². The molecule has 1 saturated heterocycles. The number of carbonyl (C=O) groups is 1. The van der Waals surface area contributed by atoms with Gasteiger partial charge in [0.1, 0.15) is 0 Å². The van der Waals surface area contributed by atoms with Crippen LogP contribution < -0.4 is 20.1 Å². The van der Waals surface area contributed by atoms with E-state index >= 15 is 0 Å². The Morgan fingerprint density at radius 3 is 2.52 bits per heavy atom. The van der Waals surface area contributed by atoms with Crippen LogP contribution in [0, 0.1) is 0 Å². The van der Waals surface area contributed by atoms with Crippen molar-refractivity contribution in [2.75, 3.05) is 32.1 Å². The Balaban J connectivity index is 1.64. The lowest BCUT2D eigenvalue weighted by molar-refractivity contribution is -0.128. The first-order valence-electron chi connectivity index (χ1n) is 10.8. The van der Waals surface area contributed by atoms with Crippen LogP contribution in [0.15, 0.2) is 47.5 Å². The number of benzene rings is 2. The average molecular weight is 425 g/mol. The summed E-state index contributed by atoms with van der Waals surface area (Å²) in [5.74, 6) is 2.34. The van der Waals surface area contributed by atoms with Crippen molar-refractivity contribution >= 4 is 17.6 Å². The first kappa shape index (κ1) is 22.5. The van der Waals surface area contributed by atoms with E-state index in [1.54, 1.807) is 7.11 Å². The Labute approximate surface area is 184 Å². The van der Waals surface area contributed by atoms with E-state index in [1.165, 1.54) is 0 Å². The summed E-state index contributed by atoms with van der Waals surface area (Å²) < 4.78 is 11.0. The van der Waals surface area contributed by atoms with Gasteiger partial charge in [0.05, 0.1) is 20.3 Å². The molecule has 1 fully saturated rings. The molecule has 2 N–H and O–H groups in total. The summed E-state index contributed by atoms with van der Waals surface area (Å²) >= 11 is 0. The number of nitrogens with one attached hydrogen (secondary N) is 2. The second-order valence-electron chi connectivity index (χ2n) is 7.35. The smallest absolute Gasteiger partial charge is 0.222 e. The maximum Gasteiger partial charge on any atom is 0.222 e. The topological polar surface area (TPSA) is 75.2 Å². The molecule has 1 aliphatic rings. The standard InChI is InChI=1S/C24H32N4O3/c1-4-25-24(27-20-12-13-21(30-3)22(15-20)31-5-2)26-16-18-8-10-19(11-9-18)17-28-14-6-7-23(28)29/h8-13,15H,4-7,14,16-17H2,1-3H3,(H2,25,26,27). The van der Waals surface area contributed by atoms with Crippen molar-refractivity contribution in [3.63, 3.8) is 0 Å². The monoisotopic (exact) mass is 424 g/mol. The SMILES string of the molecule is CCNC(=NCc1ccc(CN2CCCC2=O)cc1)Nc1ccc(OC)c(OCC)c1. The maximum atomic E-state index is 11.8. The van der Waals surface area contributed by atoms with E-state index < -0.39 is 0 Å². The fourth-order valence-electron chi connectivity index (χ4n) is 3.48. The molecule has 1 heterocycles. The predicted molar refractivity (Wildman–Crippen MR) is 124 cm³/mol. The van der Waals surface area contributed by atoms with Crippen LogP contribution in [0.2, 0.25) is 0 Å². The van der Waals surface area contributed by atoms with Crippen molar-refractivity contribution in [2.45, 2.75) is 39.8 Å². The van der Waals surface area contributed by atoms with Crippen LogP contribution in [-0.4, -0.2) is 43.6 Å². The number of likely N-dealkylation sites (tertiary alicyclic amines) is 1. The third-order valence-corrected chi connectivity index (χ3v) is 5.06. The molecule has 1 aliphatic heterocycles. The van der Waals surface area contributed by atoms with Crippen molar-refractivity contribution in [3.05, 3.63) is 53.6 Å². The van der Waals surface area contributed by atoms with Gasteiger partial charge in [0.25, 0.3) is 0 Å². The van der Waals surface area contributed by atoms with Crippen LogP contribution in [0.5, 0.6) is 11.5 Å². The minimum absolute atomic E-state index is 0.251. The molecule has 1 amide bonds. The summed E-state index contributed by atoms with van der Waals surface area (Å²) in [6.45, 7) is 7.39. The molecule has 0 unspecified atom stereocenters. The first-order chi connectivity index (χ1) is 15.1. The van der Waals surface area contributed by atoms with Crippen molar-refractivity contribution in [1.29, 1.82) is 0 Å². The Kier molecular flexibility index (Phi) is 8.15. The molecule has 0 radical (unpaired) electrons. The van der Waals surface area contributed by atoms with Crippen molar-refractivity contribution in [1.82, 2.24) is 10.2 Å². The number of hydrogen-bond acceptors (Lipinski definition) is 4. The van der Waals surface area contributed by atoms with Crippen LogP contribution >= 0.6 is 0 Å². The Bertz CT molecular complexity index is 896. The first-order valence-corrected chi connectivity index (χ1v) is 10.8. The van der Waals surface area contributed by atoms with Crippen LogP contribution in [0.25, 0.3) is 0 Å². The van der Waals surface area contributed by atoms with Gasteiger partial charge in [0.15, 0.2) is 17.5 Å². The number of nitrogens with zero attached hydrogens (tertiary/aromatic N) is 2. The summed E-state index contributed by atoms with van der Waals surface area (Å²) in [5, 5.41) is 6.59. The molecular formula is C24H32N4O3. The highest BCUT2D eigenvalue weighted by molar-refractivity contribution is 5.93. The molecule has 0 bridgehead atoms. The largest absolute Gasteiger partial charge is 0.493 e. The lowest BCUT2D eigenvalue weighted by Gasteiger charge is -2.16. The summed E-state index contributed by atoms with van der Waals surface area (Å²) in [4.78, 5) is 18.4. The highest BCUT2D eigenvalue weighted by Crippen LogP contribution is 2.30. The lowest BCUT2D eigenvalue weighted by atomic mass is 10.1. The zero-order valence-corrected chi connectivity index (χ0v) is 18.6. The molecule has 0 atom stereocenters. The van der Waals surface area contributed by atoms with Gasteiger partial charge in [0.2, 0.25) is 5.91 Å². The highest BCUT2D eigenvalue weighted by atomic mass is 16.5. The van der Waals surface area contributed by atoms with Gasteiger partial charge in [-0.2, -0.15) is 0 Å². The Morgan fingerprint density at radius 2 is 1.87 bits per heavy atom. The van der Waals surface area contributed by atoms with Crippen molar-refractivity contribution in [2.24, 2.45) is 4.99 Å². The minimum atomic E-state index is 0.251. The Morgan fingerprint density at radius 1 is 1.10 bits per heavy atom. The second-order valence-corrected chi connectivity index (χ2v) is 7.35. The average Bonchev–Trinajstić information content (AvgIpc) is 3.18. The van der Waals surface area contributed by atoms with Gasteiger partial charge in [0, 0.05) is 37.8 Å². The van der Waals surface area contributed by atoms with E-state index in [0.29, 0.717) is 43.6 Å². The molecule has 0 aromatic heterocycles. The lowest BCUT2D eigenvalue weighted by Crippen LogP contribution is -2.30. The van der Waals surface area contributed by atoms with Gasteiger partial charge in [-0.3, -0.25) is 4.79 Å². The third kappa shape index (κ3) is 6.38. The summed E-state index contributed by atoms with van der Waals surface area (Å²) in [5.41, 5.74) is 3.13. The number of amides is 1. The molecule has 0 spiro atoms. The zero-order valence-electron chi connectivity index (χ0n) is 18.6. The molecule has 7 heteroatoms. The number of guanidine groups is 1. The quantitative estimate of drug-likeness (QED) is 0.473. The number of methoxy groups -OCH3 is 1. The number of aliphatic imine (C=N–C) groups is 1. The van der Waals surface area contributed by atoms with Gasteiger partial charge in [-0.05, 0) is 43.5 Å². The molecule has 2 aromatic rings. The van der Waals surface area contributed by atoms with Gasteiger partial charge in [-0.1, -0.05) is 24.3 Å². The summed E-state index contributed by atoms with van der Waals surface area (Å²) in [6.07, 6.45) is 1.64. The fraction of sp³-hybridized carbons (Fsp3) is 0.417. The number of carbonyl (C=O) groups excluding carboxylic acids is 1. The number of anilines is 1. The molecule has 0 saturated carbocycles. The second kappa shape index (κ2) is 11.2. The van der Waals surface area contributed by atoms with Gasteiger partial charge >= 0.3 is 0 Å². The van der Waals surface area contributed by atoms with Crippen LogP contribution in [0.3, 0.4) is 0 Å². The minimum Gasteiger partial charge on any atom is -0.493 e. The predicted octanol–water partition coefficient (Wildman–Crippen LogP) is 3.79. The van der Waals surface area contributed by atoms with E-state index in [1.807, 2.05) is 36.9 Å². The maximum absolute atomic E-state index is 11.8. The van der Waals surface area contributed by atoms with E-state index in [9.17, 15) is 4.79 Å². The van der Waals surface area contributed by atoms with E-state index in [-0.39, 0.29) is 5.91 Å². The van der Waals surface area contributed by atoms with Gasteiger partial charge in [-0.25, -0.2) is 4.99 Å². The molecule has 0 aliphatic carbocycles. The molecule has 7 nitrogen and oxygen atoms in total. The van der Waals surface area contributed by atoms with Crippen LogP contribution in [0.4, 0.5) is 5.69 Å².